The number of anilines is 1. The topological polar surface area (TPSA) is 114 Å². The number of carbonyl (C=O) groups excluding carboxylic acids is 4. The van der Waals surface area contributed by atoms with Crippen LogP contribution in [-0.2, 0) is 25.7 Å². The lowest BCUT2D eigenvalue weighted by Gasteiger charge is -2.17. The maximum Gasteiger partial charge on any atom is 0.407 e. The van der Waals surface area contributed by atoms with Crippen molar-refractivity contribution in [2.75, 3.05) is 25.6 Å². The molecule has 0 aliphatic heterocycles. The summed E-state index contributed by atoms with van der Waals surface area (Å²) in [6.07, 6.45) is 1.67. The Kier molecular flexibility index (Phi) is 10.4. The Morgan fingerprint density at radius 1 is 1.03 bits per heavy atom. The number of rotatable bonds is 12. The molecule has 0 aromatic heterocycles. The van der Waals surface area contributed by atoms with E-state index in [1.165, 1.54) is 12.0 Å². The summed E-state index contributed by atoms with van der Waals surface area (Å²) in [6, 6.07) is 15.0. The molecule has 2 aromatic rings. The van der Waals surface area contributed by atoms with Gasteiger partial charge in [-0.1, -0.05) is 30.3 Å². The smallest absolute Gasteiger partial charge is 0.407 e. The summed E-state index contributed by atoms with van der Waals surface area (Å²) in [6.45, 7) is 0.566. The zero-order chi connectivity index (χ0) is 24.1. The van der Waals surface area contributed by atoms with Crippen molar-refractivity contribution in [1.29, 1.82) is 0 Å². The first-order valence-electron chi connectivity index (χ1n) is 10.6. The number of ether oxygens (including phenoxy) is 2. The van der Waals surface area contributed by atoms with E-state index in [-0.39, 0.29) is 6.61 Å². The Morgan fingerprint density at radius 2 is 1.73 bits per heavy atom. The number of hydrogen-bond donors (Lipinski definition) is 2. The molecule has 2 aromatic carbocycles. The van der Waals surface area contributed by atoms with E-state index in [0.717, 1.165) is 5.56 Å². The van der Waals surface area contributed by atoms with E-state index in [9.17, 15) is 19.2 Å². The Labute approximate surface area is 193 Å². The minimum atomic E-state index is -0.815. The predicted molar refractivity (Wildman–Crippen MR) is 123 cm³/mol. The van der Waals surface area contributed by atoms with Crippen LogP contribution in [0.5, 0.6) is 0 Å². The van der Waals surface area contributed by atoms with Gasteiger partial charge < -0.3 is 25.0 Å². The third-order valence-corrected chi connectivity index (χ3v) is 4.89. The molecule has 0 saturated carbocycles. The standard InChI is InChI=1S/C24H29N3O6/c1-27(17-28)20-13-11-19(12-14-20)22(29)26-21(23(30)32-2)10-6-7-15-25-24(31)33-16-18-8-4-3-5-9-18/h3-5,8-9,11-14,17,21H,6-7,10,15-16H2,1-2H3,(H,25,31)(H,26,29)/t21-/m0/s1. The first-order valence-corrected chi connectivity index (χ1v) is 10.6. The number of carbonyl (C=O) groups is 4. The van der Waals surface area contributed by atoms with Crippen LogP contribution < -0.4 is 15.5 Å². The molecular weight excluding hydrogens is 426 g/mol. The SMILES string of the molecule is COC(=O)[C@H](CCCCNC(=O)OCc1ccccc1)NC(=O)c1ccc(N(C)C=O)cc1. The minimum absolute atomic E-state index is 0.190. The summed E-state index contributed by atoms with van der Waals surface area (Å²) >= 11 is 0. The van der Waals surface area contributed by atoms with Gasteiger partial charge in [-0.3, -0.25) is 9.59 Å². The van der Waals surface area contributed by atoms with E-state index >= 15 is 0 Å². The highest BCUT2D eigenvalue weighted by atomic mass is 16.5. The Bertz CT molecular complexity index is 918. The second-order valence-corrected chi connectivity index (χ2v) is 7.30. The van der Waals surface area contributed by atoms with Gasteiger partial charge in [0.15, 0.2) is 0 Å². The average molecular weight is 456 g/mol. The molecule has 9 heteroatoms. The summed E-state index contributed by atoms with van der Waals surface area (Å²) in [5, 5.41) is 5.34. The molecule has 2 rings (SSSR count). The normalized spacial score (nSPS) is 11.1. The highest BCUT2D eigenvalue weighted by molar-refractivity contribution is 5.97. The average Bonchev–Trinajstić information content (AvgIpc) is 2.86. The van der Waals surface area contributed by atoms with Crippen molar-refractivity contribution in [2.24, 2.45) is 0 Å². The number of hydrogen-bond acceptors (Lipinski definition) is 6. The van der Waals surface area contributed by atoms with Gasteiger partial charge in [-0.15, -0.1) is 0 Å². The molecule has 0 fully saturated rings. The first kappa shape index (κ1) is 25.4. The van der Waals surface area contributed by atoms with Crippen LogP contribution in [-0.4, -0.2) is 51.1 Å². The fourth-order valence-corrected chi connectivity index (χ4v) is 2.98. The lowest BCUT2D eigenvalue weighted by Crippen LogP contribution is -2.41. The quantitative estimate of drug-likeness (QED) is 0.289. The fourth-order valence-electron chi connectivity index (χ4n) is 2.98. The highest BCUT2D eigenvalue weighted by Gasteiger charge is 2.21. The van der Waals surface area contributed by atoms with Crippen molar-refractivity contribution >= 4 is 30.1 Å². The molecule has 0 bridgehead atoms. The molecule has 3 amide bonds. The zero-order valence-electron chi connectivity index (χ0n) is 18.8. The van der Waals surface area contributed by atoms with Crippen molar-refractivity contribution < 1.29 is 28.7 Å². The van der Waals surface area contributed by atoms with Crippen molar-refractivity contribution in [3.05, 3.63) is 65.7 Å². The molecule has 0 aliphatic rings. The van der Waals surface area contributed by atoms with Crippen LogP contribution in [0.2, 0.25) is 0 Å². The van der Waals surface area contributed by atoms with Crippen LogP contribution in [0.4, 0.5) is 10.5 Å². The number of alkyl carbamates (subject to hydrolysis) is 1. The fraction of sp³-hybridized carbons (Fsp3) is 0.333. The van der Waals surface area contributed by atoms with Gasteiger partial charge in [0.2, 0.25) is 6.41 Å². The van der Waals surface area contributed by atoms with Crippen LogP contribution in [0.1, 0.15) is 35.2 Å². The molecule has 0 aliphatic carbocycles. The van der Waals surface area contributed by atoms with E-state index in [0.29, 0.717) is 43.5 Å². The van der Waals surface area contributed by atoms with Gasteiger partial charge in [0.05, 0.1) is 7.11 Å². The number of esters is 1. The van der Waals surface area contributed by atoms with Gasteiger partial charge in [-0.2, -0.15) is 0 Å². The first-order chi connectivity index (χ1) is 15.9. The molecule has 0 unspecified atom stereocenters. The van der Waals surface area contributed by atoms with Crippen LogP contribution >= 0.6 is 0 Å². The number of unbranched alkanes of at least 4 members (excludes halogenated alkanes) is 1. The van der Waals surface area contributed by atoms with Crippen molar-refractivity contribution in [1.82, 2.24) is 10.6 Å². The number of nitrogens with zero attached hydrogens (tertiary/aromatic N) is 1. The summed E-state index contributed by atoms with van der Waals surface area (Å²) < 4.78 is 9.93. The van der Waals surface area contributed by atoms with Crippen molar-refractivity contribution in [3.8, 4) is 0 Å². The molecule has 176 valence electrons. The van der Waals surface area contributed by atoms with Crippen LogP contribution in [0.15, 0.2) is 54.6 Å². The zero-order valence-corrected chi connectivity index (χ0v) is 18.8. The molecule has 2 N–H and O–H groups in total. The van der Waals surface area contributed by atoms with Gasteiger partial charge in [-0.25, -0.2) is 9.59 Å². The molecule has 0 radical (unpaired) electrons. The lowest BCUT2D eigenvalue weighted by atomic mass is 10.1. The second-order valence-electron chi connectivity index (χ2n) is 7.30. The van der Waals surface area contributed by atoms with Crippen molar-refractivity contribution in [2.45, 2.75) is 31.9 Å². The van der Waals surface area contributed by atoms with Gasteiger partial charge in [0.1, 0.15) is 12.6 Å². The molecule has 1 atom stereocenters. The Hall–Kier alpha value is -3.88. The number of amides is 3. The number of nitrogens with one attached hydrogen (secondary N) is 2. The van der Waals surface area contributed by atoms with Crippen LogP contribution in [0.25, 0.3) is 0 Å². The molecule has 0 saturated heterocycles. The van der Waals surface area contributed by atoms with E-state index in [2.05, 4.69) is 10.6 Å². The number of benzene rings is 2. The van der Waals surface area contributed by atoms with E-state index in [1.54, 1.807) is 31.3 Å². The summed E-state index contributed by atoms with van der Waals surface area (Å²) in [7, 11) is 2.86. The summed E-state index contributed by atoms with van der Waals surface area (Å²) in [4.78, 5) is 48.6. The molecule has 0 spiro atoms. The van der Waals surface area contributed by atoms with Gasteiger partial charge in [0.25, 0.3) is 5.91 Å². The monoisotopic (exact) mass is 455 g/mol. The molecular formula is C24H29N3O6. The largest absolute Gasteiger partial charge is 0.467 e. The lowest BCUT2D eigenvalue weighted by molar-refractivity contribution is -0.143. The maximum atomic E-state index is 12.5. The van der Waals surface area contributed by atoms with Crippen LogP contribution in [0.3, 0.4) is 0 Å². The van der Waals surface area contributed by atoms with Crippen molar-refractivity contribution in [3.63, 3.8) is 0 Å². The molecule has 33 heavy (non-hydrogen) atoms. The molecule has 0 heterocycles. The Balaban J connectivity index is 1.75. The van der Waals surface area contributed by atoms with Gasteiger partial charge >= 0.3 is 12.1 Å². The third-order valence-electron chi connectivity index (χ3n) is 4.89. The van der Waals surface area contributed by atoms with Crippen LogP contribution in [0, 0.1) is 0 Å². The second kappa shape index (κ2) is 13.5. The van der Waals surface area contributed by atoms with E-state index in [4.69, 9.17) is 9.47 Å². The van der Waals surface area contributed by atoms with Gasteiger partial charge in [-0.05, 0) is 49.1 Å². The van der Waals surface area contributed by atoms with E-state index < -0.39 is 24.0 Å². The van der Waals surface area contributed by atoms with E-state index in [1.807, 2.05) is 30.3 Å². The Morgan fingerprint density at radius 3 is 2.36 bits per heavy atom. The minimum Gasteiger partial charge on any atom is -0.467 e. The number of methoxy groups -OCH3 is 1. The predicted octanol–water partition coefficient (Wildman–Crippen LogP) is 2.65. The van der Waals surface area contributed by atoms with Gasteiger partial charge in [0, 0.05) is 24.8 Å². The summed E-state index contributed by atoms with van der Waals surface area (Å²) in [5.41, 5.74) is 1.89. The maximum absolute atomic E-state index is 12.5. The third kappa shape index (κ3) is 8.64. The highest BCUT2D eigenvalue weighted by Crippen LogP contribution is 2.13. The molecule has 9 nitrogen and oxygen atoms in total. The summed E-state index contributed by atoms with van der Waals surface area (Å²) in [5.74, 6) is -0.968.